The minimum absolute atomic E-state index is 0.143. The van der Waals surface area contributed by atoms with Crippen molar-refractivity contribution in [2.45, 2.75) is 52.0 Å². The minimum atomic E-state index is -0.612. The molecule has 0 bridgehead atoms. The topological polar surface area (TPSA) is 38.3 Å². The molecule has 0 heterocycles. The van der Waals surface area contributed by atoms with Crippen LogP contribution in [0.15, 0.2) is 24.3 Å². The van der Waals surface area contributed by atoms with E-state index in [1.54, 1.807) is 0 Å². The van der Waals surface area contributed by atoms with Crippen molar-refractivity contribution in [1.82, 2.24) is 0 Å². The van der Waals surface area contributed by atoms with E-state index in [0.717, 1.165) is 31.4 Å². The highest BCUT2D eigenvalue weighted by Crippen LogP contribution is 2.42. The Balaban J connectivity index is 2.20. The van der Waals surface area contributed by atoms with Gasteiger partial charge in [-0.15, -0.1) is 0 Å². The Bertz CT molecular complexity index is 486. The Hall–Kier alpha value is -1.22. The molecule has 116 valence electrons. The maximum Gasteiger partial charge on any atom is 0.331 e. The fraction of sp³-hybridized carbons (Fsp3) is 0.588. The van der Waals surface area contributed by atoms with E-state index < -0.39 is 5.54 Å². The molecule has 1 saturated carbocycles. The number of ether oxygens (including phenoxy) is 1. The van der Waals surface area contributed by atoms with Crippen molar-refractivity contribution in [3.63, 3.8) is 0 Å². The summed E-state index contributed by atoms with van der Waals surface area (Å²) in [6.07, 6.45) is 3.60. The zero-order valence-corrected chi connectivity index (χ0v) is 13.8. The molecule has 1 aliphatic carbocycles. The second kappa shape index (κ2) is 6.27. The first-order valence-corrected chi connectivity index (χ1v) is 7.96. The van der Waals surface area contributed by atoms with E-state index in [1.165, 1.54) is 0 Å². The van der Waals surface area contributed by atoms with E-state index in [4.69, 9.17) is 16.3 Å². The number of nitrogens with one attached hydrogen (secondary N) is 1. The van der Waals surface area contributed by atoms with Gasteiger partial charge in [-0.25, -0.2) is 4.79 Å². The molecule has 0 aromatic heterocycles. The second-order valence-electron chi connectivity index (χ2n) is 6.60. The van der Waals surface area contributed by atoms with Gasteiger partial charge in [0.25, 0.3) is 0 Å². The van der Waals surface area contributed by atoms with Crippen molar-refractivity contribution < 1.29 is 9.53 Å². The van der Waals surface area contributed by atoms with Crippen molar-refractivity contribution >= 4 is 23.3 Å². The van der Waals surface area contributed by atoms with Gasteiger partial charge >= 0.3 is 5.97 Å². The molecule has 3 nitrogen and oxygen atoms in total. The average Bonchev–Trinajstić information content (AvgIpc) is 2.44. The van der Waals surface area contributed by atoms with Crippen LogP contribution < -0.4 is 5.32 Å². The molecule has 0 radical (unpaired) electrons. The van der Waals surface area contributed by atoms with Gasteiger partial charge < -0.3 is 10.1 Å². The lowest BCUT2D eigenvalue weighted by molar-refractivity contribution is -0.150. The molecular weight excluding hydrogens is 286 g/mol. The van der Waals surface area contributed by atoms with E-state index in [-0.39, 0.29) is 11.4 Å². The molecule has 0 unspecified atom stereocenters. The van der Waals surface area contributed by atoms with Gasteiger partial charge in [0.1, 0.15) is 5.54 Å². The summed E-state index contributed by atoms with van der Waals surface area (Å²) >= 11 is 5.92. The Morgan fingerprint density at radius 2 is 1.76 bits per heavy atom. The third-order valence-electron chi connectivity index (χ3n) is 4.35. The second-order valence-corrected chi connectivity index (χ2v) is 7.04. The summed E-state index contributed by atoms with van der Waals surface area (Å²) < 4.78 is 5.32. The van der Waals surface area contributed by atoms with E-state index in [2.05, 4.69) is 19.2 Å². The van der Waals surface area contributed by atoms with Crippen molar-refractivity contribution in [3.05, 3.63) is 29.3 Å². The smallest absolute Gasteiger partial charge is 0.331 e. The zero-order valence-electron chi connectivity index (χ0n) is 13.0. The van der Waals surface area contributed by atoms with Gasteiger partial charge in [-0.2, -0.15) is 0 Å². The Labute approximate surface area is 132 Å². The fourth-order valence-corrected chi connectivity index (χ4v) is 2.94. The van der Waals surface area contributed by atoms with E-state index >= 15 is 0 Å². The lowest BCUT2D eigenvalue weighted by Gasteiger charge is -2.42. The van der Waals surface area contributed by atoms with Crippen molar-refractivity contribution in [1.29, 1.82) is 0 Å². The quantitative estimate of drug-likeness (QED) is 0.822. The van der Waals surface area contributed by atoms with Crippen LogP contribution in [-0.4, -0.2) is 18.1 Å². The molecule has 1 aromatic rings. The number of hydrogen-bond acceptors (Lipinski definition) is 3. The van der Waals surface area contributed by atoms with Crippen LogP contribution in [0.3, 0.4) is 0 Å². The van der Waals surface area contributed by atoms with Gasteiger partial charge in [0, 0.05) is 10.7 Å². The summed E-state index contributed by atoms with van der Waals surface area (Å²) in [4.78, 5) is 12.5. The molecule has 1 aliphatic rings. The van der Waals surface area contributed by atoms with Crippen LogP contribution in [0.4, 0.5) is 5.69 Å². The molecule has 0 saturated heterocycles. The number of carbonyl (C=O) groups excluding carboxylic acids is 1. The number of carbonyl (C=O) groups is 1. The van der Waals surface area contributed by atoms with Gasteiger partial charge in [0.2, 0.25) is 0 Å². The normalized spacial score (nSPS) is 19.8. The number of esters is 1. The molecule has 1 N–H and O–H groups in total. The standard InChI is InChI=1S/C17H24ClNO2/c1-4-21-15(20)17(11-9-16(2,3)10-12-17)19-14-7-5-13(18)6-8-14/h5-8,19H,4,9-12H2,1-3H3. The van der Waals surface area contributed by atoms with Gasteiger partial charge in [0.05, 0.1) is 6.61 Å². The number of halogens is 1. The summed E-state index contributed by atoms with van der Waals surface area (Å²) in [6, 6.07) is 7.47. The van der Waals surface area contributed by atoms with Gasteiger partial charge in [-0.3, -0.25) is 0 Å². The highest BCUT2D eigenvalue weighted by molar-refractivity contribution is 6.30. The molecule has 1 aromatic carbocycles. The van der Waals surface area contributed by atoms with Crippen molar-refractivity contribution in [2.75, 3.05) is 11.9 Å². The van der Waals surface area contributed by atoms with Crippen LogP contribution in [0, 0.1) is 5.41 Å². The SMILES string of the molecule is CCOC(=O)C1(Nc2ccc(Cl)cc2)CCC(C)(C)CC1. The molecular formula is C17H24ClNO2. The predicted octanol–water partition coefficient (Wildman–Crippen LogP) is 4.65. The summed E-state index contributed by atoms with van der Waals surface area (Å²) in [5, 5.41) is 4.10. The molecule has 1 fully saturated rings. The van der Waals surface area contributed by atoms with Gasteiger partial charge in [-0.1, -0.05) is 25.4 Å². The van der Waals surface area contributed by atoms with E-state index in [9.17, 15) is 4.79 Å². The Morgan fingerprint density at radius 1 is 1.19 bits per heavy atom. The zero-order chi connectivity index (χ0) is 15.5. The first-order valence-electron chi connectivity index (χ1n) is 7.58. The summed E-state index contributed by atoms with van der Waals surface area (Å²) in [6.45, 7) is 6.77. The van der Waals surface area contributed by atoms with Crippen molar-refractivity contribution in [2.24, 2.45) is 5.41 Å². The number of anilines is 1. The highest BCUT2D eigenvalue weighted by atomic mass is 35.5. The van der Waals surface area contributed by atoms with E-state index in [0.29, 0.717) is 11.6 Å². The molecule has 2 rings (SSSR count). The minimum Gasteiger partial charge on any atom is -0.464 e. The molecule has 4 heteroatoms. The third kappa shape index (κ3) is 3.91. The van der Waals surface area contributed by atoms with Crippen LogP contribution in [-0.2, 0) is 9.53 Å². The summed E-state index contributed by atoms with van der Waals surface area (Å²) in [5.41, 5.74) is 0.587. The molecule has 0 spiro atoms. The lowest BCUT2D eigenvalue weighted by atomic mass is 9.69. The average molecular weight is 310 g/mol. The third-order valence-corrected chi connectivity index (χ3v) is 4.60. The highest BCUT2D eigenvalue weighted by Gasteiger charge is 2.45. The number of benzene rings is 1. The first-order chi connectivity index (χ1) is 9.87. The monoisotopic (exact) mass is 309 g/mol. The molecule has 0 atom stereocenters. The summed E-state index contributed by atoms with van der Waals surface area (Å²) in [5.74, 6) is -0.143. The maximum atomic E-state index is 12.5. The van der Waals surface area contributed by atoms with Crippen LogP contribution in [0.1, 0.15) is 46.5 Å². The molecule has 21 heavy (non-hydrogen) atoms. The van der Waals surface area contributed by atoms with Gasteiger partial charge in [0.15, 0.2) is 0 Å². The predicted molar refractivity (Wildman–Crippen MR) is 86.7 cm³/mol. The van der Waals surface area contributed by atoms with Crippen LogP contribution in [0.2, 0.25) is 5.02 Å². The maximum absolute atomic E-state index is 12.5. The largest absolute Gasteiger partial charge is 0.464 e. The first kappa shape index (κ1) is 16.2. The lowest BCUT2D eigenvalue weighted by Crippen LogP contribution is -2.51. The van der Waals surface area contributed by atoms with Crippen LogP contribution in [0.25, 0.3) is 0 Å². The molecule has 0 amide bonds. The number of hydrogen-bond donors (Lipinski definition) is 1. The van der Waals surface area contributed by atoms with Gasteiger partial charge in [-0.05, 0) is 62.3 Å². The molecule has 0 aliphatic heterocycles. The van der Waals surface area contributed by atoms with Crippen molar-refractivity contribution in [3.8, 4) is 0 Å². The van der Waals surface area contributed by atoms with E-state index in [1.807, 2.05) is 31.2 Å². The van der Waals surface area contributed by atoms with Crippen LogP contribution in [0.5, 0.6) is 0 Å². The Kier molecular flexibility index (Phi) is 4.82. The fourth-order valence-electron chi connectivity index (χ4n) is 2.81. The number of rotatable bonds is 4. The Morgan fingerprint density at radius 3 is 2.29 bits per heavy atom. The van der Waals surface area contributed by atoms with Crippen LogP contribution >= 0.6 is 11.6 Å². The summed E-state index contributed by atoms with van der Waals surface area (Å²) in [7, 11) is 0.